The van der Waals surface area contributed by atoms with Gasteiger partial charge in [0.2, 0.25) is 5.78 Å². The number of hydrogen-bond acceptors (Lipinski definition) is 6. The third-order valence-corrected chi connectivity index (χ3v) is 5.85. The predicted molar refractivity (Wildman–Crippen MR) is 114 cm³/mol. The number of thiophene rings is 1. The topological polar surface area (TPSA) is 66.8 Å². The summed E-state index contributed by atoms with van der Waals surface area (Å²) in [6.45, 7) is 4.59. The molecule has 0 amide bonds. The largest absolute Gasteiger partial charge is 0.486 e. The van der Waals surface area contributed by atoms with Crippen LogP contribution < -0.4 is 9.47 Å². The lowest BCUT2D eigenvalue weighted by Gasteiger charge is -2.27. The highest BCUT2D eigenvalue weighted by Gasteiger charge is 2.24. The van der Waals surface area contributed by atoms with Crippen molar-refractivity contribution in [1.29, 1.82) is 0 Å². The summed E-state index contributed by atoms with van der Waals surface area (Å²) in [4.78, 5) is 24.6. The summed E-state index contributed by atoms with van der Waals surface area (Å²) >= 11 is 1.52. The molecule has 0 aliphatic carbocycles. The highest BCUT2D eigenvalue weighted by molar-refractivity contribution is 7.08. The summed E-state index contributed by atoms with van der Waals surface area (Å²) in [5, 5.41) is 3.80. The number of aromatic nitrogens is 1. The molecule has 0 fully saturated rings. The third-order valence-electron chi connectivity index (χ3n) is 5.12. The maximum absolute atomic E-state index is 12.6. The number of esters is 1. The Morgan fingerprint density at radius 2 is 2.00 bits per heavy atom. The monoisotopic (exact) mass is 425 g/mol. The molecule has 156 valence electrons. The zero-order chi connectivity index (χ0) is 21.1. The summed E-state index contributed by atoms with van der Waals surface area (Å²) in [7, 11) is 0. The number of rotatable bonds is 7. The Hall–Kier alpha value is -3.06. The number of ether oxygens (including phenoxy) is 3. The quantitative estimate of drug-likeness (QED) is 0.423. The summed E-state index contributed by atoms with van der Waals surface area (Å²) in [6, 6.07) is 11.3. The molecule has 0 bridgehead atoms. The normalized spacial score (nSPS) is 15.1. The number of fused-ring (bicyclic) bond motifs is 1. The number of ketones is 1. The Balaban J connectivity index is 1.38. The van der Waals surface area contributed by atoms with E-state index in [1.165, 1.54) is 11.3 Å². The minimum absolute atomic E-state index is 0.156. The maximum Gasteiger partial charge on any atom is 0.310 e. The average molecular weight is 426 g/mol. The van der Waals surface area contributed by atoms with Crippen LogP contribution in [0, 0.1) is 13.8 Å². The van der Waals surface area contributed by atoms with Gasteiger partial charge in [-0.2, -0.15) is 11.3 Å². The van der Waals surface area contributed by atoms with Crippen molar-refractivity contribution < 1.29 is 23.8 Å². The summed E-state index contributed by atoms with van der Waals surface area (Å²) in [5.41, 5.74) is 3.23. The van der Waals surface area contributed by atoms with Crippen LogP contribution in [0.5, 0.6) is 11.5 Å². The van der Waals surface area contributed by atoms with Crippen LogP contribution in [-0.2, 0) is 22.5 Å². The van der Waals surface area contributed by atoms with Crippen LogP contribution in [0.1, 0.15) is 27.3 Å². The average Bonchev–Trinajstić information content (AvgIpc) is 3.35. The first-order valence-corrected chi connectivity index (χ1v) is 10.7. The van der Waals surface area contributed by atoms with E-state index in [1.54, 1.807) is 0 Å². The minimum Gasteiger partial charge on any atom is -0.486 e. The number of para-hydroxylation sites is 2. The highest BCUT2D eigenvalue weighted by Crippen LogP contribution is 2.31. The Bertz CT molecular complexity index is 1050. The van der Waals surface area contributed by atoms with E-state index in [0.29, 0.717) is 18.7 Å². The van der Waals surface area contributed by atoms with E-state index in [2.05, 4.69) is 0 Å². The zero-order valence-corrected chi connectivity index (χ0v) is 17.7. The van der Waals surface area contributed by atoms with Gasteiger partial charge in [-0.3, -0.25) is 9.59 Å². The smallest absolute Gasteiger partial charge is 0.310 e. The lowest BCUT2D eigenvalue weighted by atomic mass is 10.1. The maximum atomic E-state index is 12.6. The lowest BCUT2D eigenvalue weighted by Crippen LogP contribution is -2.33. The molecule has 1 aliphatic heterocycles. The Kier molecular flexibility index (Phi) is 5.90. The Morgan fingerprint density at radius 3 is 2.77 bits per heavy atom. The number of carbonyl (C=O) groups is 2. The molecule has 7 heteroatoms. The second-order valence-corrected chi connectivity index (χ2v) is 8.07. The summed E-state index contributed by atoms with van der Waals surface area (Å²) in [5.74, 6) is 0.862. The van der Waals surface area contributed by atoms with Crippen molar-refractivity contribution in [3.63, 3.8) is 0 Å². The van der Waals surface area contributed by atoms with Crippen LogP contribution >= 0.6 is 11.3 Å². The Labute approximate surface area is 179 Å². The Morgan fingerprint density at radius 1 is 1.20 bits per heavy atom. The van der Waals surface area contributed by atoms with Crippen molar-refractivity contribution in [2.24, 2.45) is 0 Å². The molecular weight excluding hydrogens is 402 g/mol. The first-order chi connectivity index (χ1) is 14.5. The molecular formula is C23H23NO5S. The number of aryl methyl sites for hydroxylation is 1. The molecule has 0 spiro atoms. The van der Waals surface area contributed by atoms with Gasteiger partial charge in [-0.1, -0.05) is 12.1 Å². The van der Waals surface area contributed by atoms with E-state index in [4.69, 9.17) is 14.2 Å². The standard InChI is InChI=1S/C23H23NO5S/c1-15-9-19(20(25)13-28-23(26)10-17-7-8-30-14-17)16(2)24(15)11-18-12-27-21-5-3-4-6-22(21)29-18/h3-9,14,18H,10-13H2,1-2H3. The van der Waals surface area contributed by atoms with Gasteiger partial charge in [0.1, 0.15) is 6.61 Å². The molecule has 6 nitrogen and oxygen atoms in total. The third kappa shape index (κ3) is 4.41. The van der Waals surface area contributed by atoms with E-state index in [1.807, 2.05) is 65.6 Å². The van der Waals surface area contributed by atoms with Gasteiger partial charge < -0.3 is 18.8 Å². The van der Waals surface area contributed by atoms with Crippen molar-refractivity contribution >= 4 is 23.1 Å². The van der Waals surface area contributed by atoms with E-state index in [-0.39, 0.29) is 24.9 Å². The van der Waals surface area contributed by atoms with E-state index >= 15 is 0 Å². The van der Waals surface area contributed by atoms with Gasteiger partial charge in [-0.25, -0.2) is 0 Å². The molecule has 0 N–H and O–H groups in total. The molecule has 4 rings (SSSR count). The van der Waals surface area contributed by atoms with Gasteiger partial charge in [0.25, 0.3) is 0 Å². The molecule has 1 aromatic carbocycles. The fourth-order valence-corrected chi connectivity index (χ4v) is 4.22. The van der Waals surface area contributed by atoms with Crippen molar-refractivity contribution in [2.75, 3.05) is 13.2 Å². The van der Waals surface area contributed by atoms with Crippen molar-refractivity contribution in [3.8, 4) is 11.5 Å². The van der Waals surface area contributed by atoms with Crippen LogP contribution in [0.25, 0.3) is 0 Å². The van der Waals surface area contributed by atoms with Gasteiger partial charge in [0.05, 0.1) is 13.0 Å². The van der Waals surface area contributed by atoms with Gasteiger partial charge in [-0.15, -0.1) is 0 Å². The van der Waals surface area contributed by atoms with Gasteiger partial charge in [0, 0.05) is 17.0 Å². The highest BCUT2D eigenvalue weighted by atomic mass is 32.1. The van der Waals surface area contributed by atoms with Crippen LogP contribution in [0.3, 0.4) is 0 Å². The van der Waals surface area contributed by atoms with Crippen LogP contribution in [-0.4, -0.2) is 35.6 Å². The fraction of sp³-hybridized carbons (Fsp3) is 0.304. The number of Topliss-reactive ketones (excluding diaryl/α,β-unsaturated/α-hetero) is 1. The van der Waals surface area contributed by atoms with Crippen molar-refractivity contribution in [3.05, 3.63) is 69.7 Å². The van der Waals surface area contributed by atoms with Gasteiger partial charge in [-0.05, 0) is 54.4 Å². The summed E-state index contributed by atoms with van der Waals surface area (Å²) < 4.78 is 19.1. The molecule has 2 aromatic heterocycles. The van der Waals surface area contributed by atoms with E-state index in [0.717, 1.165) is 28.5 Å². The van der Waals surface area contributed by atoms with E-state index in [9.17, 15) is 9.59 Å². The molecule has 1 atom stereocenters. The molecule has 3 aromatic rings. The second-order valence-electron chi connectivity index (χ2n) is 7.29. The molecule has 30 heavy (non-hydrogen) atoms. The lowest BCUT2D eigenvalue weighted by molar-refractivity contribution is -0.141. The molecule has 0 saturated heterocycles. The predicted octanol–water partition coefficient (Wildman–Crippen LogP) is 3.98. The number of nitrogens with zero attached hydrogens (tertiary/aromatic N) is 1. The van der Waals surface area contributed by atoms with Gasteiger partial charge in [0.15, 0.2) is 24.2 Å². The molecule has 1 aliphatic rings. The SMILES string of the molecule is Cc1cc(C(=O)COC(=O)Cc2ccsc2)c(C)n1CC1COc2ccccc2O1. The zero-order valence-electron chi connectivity index (χ0n) is 16.9. The van der Waals surface area contributed by atoms with Crippen LogP contribution in [0.15, 0.2) is 47.2 Å². The van der Waals surface area contributed by atoms with E-state index < -0.39 is 5.97 Å². The molecule has 3 heterocycles. The second kappa shape index (κ2) is 8.75. The number of carbonyl (C=O) groups excluding carboxylic acids is 2. The fourth-order valence-electron chi connectivity index (χ4n) is 3.56. The van der Waals surface area contributed by atoms with Crippen molar-refractivity contribution in [1.82, 2.24) is 4.57 Å². The molecule has 1 unspecified atom stereocenters. The number of hydrogen-bond donors (Lipinski definition) is 0. The van der Waals surface area contributed by atoms with Crippen molar-refractivity contribution in [2.45, 2.75) is 32.9 Å². The first-order valence-electron chi connectivity index (χ1n) is 9.76. The molecule has 0 saturated carbocycles. The first kappa shape index (κ1) is 20.2. The van der Waals surface area contributed by atoms with Crippen LogP contribution in [0.2, 0.25) is 0 Å². The minimum atomic E-state index is -0.401. The molecule has 0 radical (unpaired) electrons. The summed E-state index contributed by atoms with van der Waals surface area (Å²) in [6.07, 6.45) is 0.0205. The number of benzene rings is 1. The van der Waals surface area contributed by atoms with Crippen LogP contribution in [0.4, 0.5) is 0 Å². The van der Waals surface area contributed by atoms with Gasteiger partial charge >= 0.3 is 5.97 Å².